The highest BCUT2D eigenvalue weighted by Crippen LogP contribution is 2.53. The quantitative estimate of drug-likeness (QED) is 0.0409. The van der Waals surface area contributed by atoms with Crippen LogP contribution in [0, 0.1) is 0 Å². The summed E-state index contributed by atoms with van der Waals surface area (Å²) in [7, 11) is 5.64. The number of methoxy groups -OCH3 is 4. The molecule has 0 aliphatic carbocycles. The standard InChI is InChI=1S/C38H40N4O12S3/c1-47-25-9-16(5-6-23(25)51-35(43)20(39)13-55)29-30-19-11-26(48-2)27(53-36(44)21(40)14-56)12-24(19)52-38(46)32(30)42-8-7-17-18(31(29)42)10-28(49-3)34(50-4)33(17)54-37(45)22(41)15-57/h5-6,9-12,20-22,55-57H,7-8,13-15,39-41H2,1-4H3/t20-,21-,22-/m0/s1. The van der Waals surface area contributed by atoms with Crippen molar-refractivity contribution in [2.75, 3.05) is 45.7 Å². The van der Waals surface area contributed by atoms with E-state index in [-0.39, 0.29) is 81.6 Å². The van der Waals surface area contributed by atoms with Gasteiger partial charge in [0.2, 0.25) is 5.75 Å². The van der Waals surface area contributed by atoms with Crippen molar-refractivity contribution < 1.29 is 52.0 Å². The Hall–Kier alpha value is -5.05. The normalized spacial score (nSPS) is 13.6. The molecule has 0 fully saturated rings. The molecule has 19 heteroatoms. The highest BCUT2D eigenvalue weighted by atomic mass is 32.1. The van der Waals surface area contributed by atoms with Crippen molar-refractivity contribution in [2.45, 2.75) is 31.1 Å². The number of rotatable bonds is 14. The molecule has 0 amide bonds. The lowest BCUT2D eigenvalue weighted by Gasteiger charge is -2.26. The van der Waals surface area contributed by atoms with Crippen molar-refractivity contribution in [1.82, 2.24) is 4.57 Å². The van der Waals surface area contributed by atoms with Gasteiger partial charge in [-0.15, -0.1) is 0 Å². The summed E-state index contributed by atoms with van der Waals surface area (Å²) in [4.78, 5) is 52.7. The first-order valence-corrected chi connectivity index (χ1v) is 19.2. The lowest BCUT2D eigenvalue weighted by molar-refractivity contribution is -0.136. The Labute approximate surface area is 342 Å². The topological polar surface area (TPSA) is 229 Å². The summed E-state index contributed by atoms with van der Waals surface area (Å²) in [6, 6.07) is 6.45. The molecule has 0 radical (unpaired) electrons. The molecule has 302 valence electrons. The fourth-order valence-electron chi connectivity index (χ4n) is 6.55. The summed E-state index contributed by atoms with van der Waals surface area (Å²) in [6.45, 7) is 0.205. The first-order valence-electron chi connectivity index (χ1n) is 17.3. The van der Waals surface area contributed by atoms with Crippen LogP contribution in [-0.4, -0.2) is 86.3 Å². The van der Waals surface area contributed by atoms with Gasteiger partial charge >= 0.3 is 23.5 Å². The van der Waals surface area contributed by atoms with Gasteiger partial charge in [-0.2, -0.15) is 37.9 Å². The third kappa shape index (κ3) is 7.58. The van der Waals surface area contributed by atoms with Crippen molar-refractivity contribution in [3.05, 3.63) is 52.4 Å². The zero-order valence-corrected chi connectivity index (χ0v) is 33.8. The van der Waals surface area contributed by atoms with Gasteiger partial charge in [0.25, 0.3) is 0 Å². The van der Waals surface area contributed by atoms with Gasteiger partial charge in [0.05, 0.1) is 34.1 Å². The molecule has 5 aromatic rings. The number of nitrogens with zero attached hydrogens (tertiary/aromatic N) is 1. The van der Waals surface area contributed by atoms with Crippen LogP contribution in [0.5, 0.6) is 40.2 Å². The van der Waals surface area contributed by atoms with Gasteiger partial charge < -0.3 is 59.3 Å². The molecule has 0 spiro atoms. The van der Waals surface area contributed by atoms with Crippen molar-refractivity contribution in [1.29, 1.82) is 0 Å². The van der Waals surface area contributed by atoms with Crippen LogP contribution < -0.4 is 56.0 Å². The number of carbonyl (C=O) groups is 3. The van der Waals surface area contributed by atoms with Crippen LogP contribution in [0.1, 0.15) is 5.56 Å². The second kappa shape index (κ2) is 17.2. The number of fused-ring (bicyclic) bond motifs is 7. The number of hydrogen-bond donors (Lipinski definition) is 6. The molecule has 0 unspecified atom stereocenters. The van der Waals surface area contributed by atoms with E-state index in [4.69, 9.17) is 54.8 Å². The van der Waals surface area contributed by atoms with E-state index in [0.29, 0.717) is 38.7 Å². The fourth-order valence-corrected chi connectivity index (χ4v) is 7.00. The summed E-state index contributed by atoms with van der Waals surface area (Å²) in [5.41, 5.74) is 19.8. The van der Waals surface area contributed by atoms with E-state index in [0.717, 1.165) is 0 Å². The maximum absolute atomic E-state index is 14.2. The number of nitrogens with two attached hydrogens (primary N) is 3. The van der Waals surface area contributed by atoms with Crippen LogP contribution in [0.25, 0.3) is 44.3 Å². The number of thiol groups is 3. The molecule has 6 rings (SSSR count). The predicted molar refractivity (Wildman–Crippen MR) is 221 cm³/mol. The highest BCUT2D eigenvalue weighted by molar-refractivity contribution is 7.80. The highest BCUT2D eigenvalue weighted by Gasteiger charge is 2.35. The molecule has 3 aromatic carbocycles. The zero-order valence-electron chi connectivity index (χ0n) is 31.2. The Morgan fingerprint density at radius 3 is 1.88 bits per heavy atom. The summed E-state index contributed by atoms with van der Waals surface area (Å²) >= 11 is 12.3. The molecule has 0 saturated heterocycles. The smallest absolute Gasteiger partial charge is 0.361 e. The third-order valence-corrected chi connectivity index (χ3v) is 10.5. The minimum absolute atomic E-state index is 0.0224. The van der Waals surface area contributed by atoms with Crippen molar-refractivity contribution in [2.24, 2.45) is 17.2 Å². The monoisotopic (exact) mass is 840 g/mol. The molecule has 2 aromatic heterocycles. The summed E-state index contributed by atoms with van der Waals surface area (Å²) < 4.78 is 47.6. The van der Waals surface area contributed by atoms with Gasteiger partial charge in [0.15, 0.2) is 34.5 Å². The SMILES string of the molecule is COc1cc(-c2c3n(c4c(=O)oc5cc(OC(=O)[C@@H](N)CS)c(OC)cc5c24)CCc2c-3cc(OC)c(OC)c2OC(=O)[C@@H](N)CS)ccc1OC(=O)[C@@H](N)CS. The molecule has 1 aliphatic heterocycles. The van der Waals surface area contributed by atoms with E-state index in [1.54, 1.807) is 28.8 Å². The molecule has 16 nitrogen and oxygen atoms in total. The van der Waals surface area contributed by atoms with Crippen LogP contribution in [0.3, 0.4) is 0 Å². The number of hydrogen-bond acceptors (Lipinski definition) is 18. The van der Waals surface area contributed by atoms with Gasteiger partial charge in [-0.25, -0.2) is 19.2 Å². The van der Waals surface area contributed by atoms with Crippen LogP contribution in [0.4, 0.5) is 0 Å². The van der Waals surface area contributed by atoms with E-state index < -0.39 is 41.7 Å². The van der Waals surface area contributed by atoms with Gasteiger partial charge in [-0.05, 0) is 36.2 Å². The number of carbonyl (C=O) groups excluding carboxylic acids is 3. The lowest BCUT2D eigenvalue weighted by atomic mass is 9.91. The Balaban J connectivity index is 1.73. The molecular formula is C38H40N4O12S3. The number of esters is 3. The van der Waals surface area contributed by atoms with Crippen LogP contribution in [0.2, 0.25) is 0 Å². The molecule has 3 atom stereocenters. The van der Waals surface area contributed by atoms with E-state index >= 15 is 0 Å². The zero-order chi connectivity index (χ0) is 41.3. The van der Waals surface area contributed by atoms with Crippen molar-refractivity contribution in [3.8, 4) is 62.6 Å². The molecular weight excluding hydrogens is 801 g/mol. The molecule has 0 bridgehead atoms. The van der Waals surface area contributed by atoms with Crippen molar-refractivity contribution in [3.63, 3.8) is 0 Å². The predicted octanol–water partition coefficient (Wildman–Crippen LogP) is 3.16. The fraction of sp³-hybridized carbons (Fsp3) is 0.316. The third-order valence-electron chi connectivity index (χ3n) is 9.34. The van der Waals surface area contributed by atoms with Gasteiger partial charge in [-0.1, -0.05) is 6.07 Å². The first-order chi connectivity index (χ1) is 27.3. The first kappa shape index (κ1) is 41.6. The Morgan fingerprint density at radius 1 is 0.719 bits per heavy atom. The molecule has 6 N–H and O–H groups in total. The summed E-state index contributed by atoms with van der Waals surface area (Å²) in [5, 5.41) is 0.820. The van der Waals surface area contributed by atoms with Gasteiger partial charge in [-0.3, -0.25) is 0 Å². The van der Waals surface area contributed by atoms with Crippen molar-refractivity contribution >= 4 is 77.7 Å². The van der Waals surface area contributed by atoms with E-state index in [9.17, 15) is 19.2 Å². The number of aromatic nitrogens is 1. The minimum atomic E-state index is -1.04. The average molecular weight is 841 g/mol. The Kier molecular flexibility index (Phi) is 12.6. The molecule has 0 saturated carbocycles. The number of ether oxygens (including phenoxy) is 7. The van der Waals surface area contributed by atoms with E-state index in [2.05, 4.69) is 37.9 Å². The second-order valence-electron chi connectivity index (χ2n) is 12.7. The van der Waals surface area contributed by atoms with Crippen LogP contribution in [0.15, 0.2) is 45.6 Å². The minimum Gasteiger partial charge on any atom is -0.493 e. The van der Waals surface area contributed by atoms with E-state index in [1.807, 2.05) is 0 Å². The molecule has 3 heterocycles. The Morgan fingerprint density at radius 2 is 1.30 bits per heavy atom. The maximum atomic E-state index is 14.2. The average Bonchev–Trinajstić information content (AvgIpc) is 3.58. The summed E-state index contributed by atoms with van der Waals surface area (Å²) in [6.07, 6.45) is 0.259. The maximum Gasteiger partial charge on any atom is 0.361 e. The number of benzene rings is 3. The number of aryl methyl sites for hydroxylation is 1. The Bertz CT molecular complexity index is 2470. The largest absolute Gasteiger partial charge is 0.493 e. The van der Waals surface area contributed by atoms with Crippen LogP contribution >= 0.6 is 37.9 Å². The summed E-state index contributed by atoms with van der Waals surface area (Å²) in [5.74, 6) is -1.35. The molecule has 1 aliphatic rings. The van der Waals surface area contributed by atoms with E-state index in [1.165, 1.54) is 40.6 Å². The second-order valence-corrected chi connectivity index (χ2v) is 13.8. The van der Waals surface area contributed by atoms with Gasteiger partial charge in [0, 0.05) is 57.3 Å². The molecule has 57 heavy (non-hydrogen) atoms. The lowest BCUT2D eigenvalue weighted by Crippen LogP contribution is -2.36. The van der Waals surface area contributed by atoms with Crippen LogP contribution in [-0.2, 0) is 27.3 Å². The van der Waals surface area contributed by atoms with Gasteiger partial charge in [0.1, 0.15) is 29.2 Å².